The molecule has 9 nitrogen and oxygen atoms in total. The highest BCUT2D eigenvalue weighted by Crippen LogP contribution is 2.37. The molecule has 0 unspecified atom stereocenters. The summed E-state index contributed by atoms with van der Waals surface area (Å²) in [5.74, 6) is -0.206. The van der Waals surface area contributed by atoms with Gasteiger partial charge in [-0.3, -0.25) is 19.8 Å². The first kappa shape index (κ1) is 19.1. The molecule has 0 saturated carbocycles. The topological polar surface area (TPSA) is 113 Å². The van der Waals surface area contributed by atoms with E-state index in [0.717, 1.165) is 11.8 Å². The van der Waals surface area contributed by atoms with Crippen LogP contribution in [0.5, 0.6) is 0 Å². The molecule has 3 heterocycles. The molecule has 142 valence electrons. The minimum absolute atomic E-state index is 0.0212. The first-order chi connectivity index (χ1) is 13.0. The molecular weight excluding hydrogens is 392 g/mol. The van der Waals surface area contributed by atoms with E-state index in [4.69, 9.17) is 9.25 Å². The average Bonchev–Trinajstić information content (AvgIpc) is 3.33. The SMILES string of the molecule is CO/N=C(/C(=O)NN1CC(=O)S[C@@H]1c1ccco1)c1csc(NC(C)=O)c1. The lowest BCUT2D eigenvalue weighted by atomic mass is 10.2. The van der Waals surface area contributed by atoms with Gasteiger partial charge in [-0.05, 0) is 18.2 Å². The van der Waals surface area contributed by atoms with Crippen LogP contribution in [0, 0.1) is 0 Å². The molecule has 1 atom stereocenters. The van der Waals surface area contributed by atoms with Crippen molar-refractivity contribution < 1.29 is 23.6 Å². The summed E-state index contributed by atoms with van der Waals surface area (Å²) in [5.41, 5.74) is 3.18. The van der Waals surface area contributed by atoms with Crippen LogP contribution in [0.2, 0.25) is 0 Å². The summed E-state index contributed by atoms with van der Waals surface area (Å²) in [6.07, 6.45) is 1.51. The number of hydrazine groups is 1. The predicted octanol–water partition coefficient (Wildman–Crippen LogP) is 1.96. The van der Waals surface area contributed by atoms with Gasteiger partial charge in [-0.25, -0.2) is 0 Å². The van der Waals surface area contributed by atoms with Gasteiger partial charge < -0.3 is 14.6 Å². The number of furan rings is 1. The molecule has 3 rings (SSSR count). The molecule has 2 aromatic rings. The van der Waals surface area contributed by atoms with Gasteiger partial charge in [-0.15, -0.1) is 11.3 Å². The van der Waals surface area contributed by atoms with E-state index in [9.17, 15) is 14.4 Å². The zero-order valence-corrected chi connectivity index (χ0v) is 16.1. The standard InChI is InChI=1S/C16H16N4O5S2/c1-9(21)17-12-6-10(8-26-12)14(19-24-2)15(23)18-20-7-13(22)27-16(20)11-4-3-5-25-11/h3-6,8,16H,7H2,1-2H3,(H,17,21)(H,18,23)/b19-14+/t16-/m1/s1. The fourth-order valence-electron chi connectivity index (χ4n) is 2.39. The maximum atomic E-state index is 12.7. The van der Waals surface area contributed by atoms with Crippen molar-refractivity contribution in [3.05, 3.63) is 41.2 Å². The van der Waals surface area contributed by atoms with Gasteiger partial charge in [-0.1, -0.05) is 16.9 Å². The third-order valence-corrected chi connectivity index (χ3v) is 5.37. The van der Waals surface area contributed by atoms with E-state index >= 15 is 0 Å². The van der Waals surface area contributed by atoms with Crippen LogP contribution in [0.1, 0.15) is 23.6 Å². The fourth-order valence-corrected chi connectivity index (χ4v) is 4.19. The molecule has 0 radical (unpaired) electrons. The van der Waals surface area contributed by atoms with Crippen molar-refractivity contribution in [2.45, 2.75) is 12.3 Å². The Labute approximate surface area is 162 Å². The molecule has 0 bridgehead atoms. The molecule has 0 aromatic carbocycles. The van der Waals surface area contributed by atoms with Crippen molar-refractivity contribution in [1.82, 2.24) is 10.4 Å². The van der Waals surface area contributed by atoms with Gasteiger partial charge in [0.1, 0.15) is 18.2 Å². The minimum atomic E-state index is -0.545. The Morgan fingerprint density at radius 3 is 2.93 bits per heavy atom. The molecule has 2 aromatic heterocycles. The Kier molecular flexibility index (Phi) is 5.94. The van der Waals surface area contributed by atoms with Gasteiger partial charge in [0.25, 0.3) is 5.91 Å². The summed E-state index contributed by atoms with van der Waals surface area (Å²) in [6.45, 7) is 1.43. The Balaban J connectivity index is 1.77. The maximum absolute atomic E-state index is 12.7. The summed E-state index contributed by atoms with van der Waals surface area (Å²) >= 11 is 2.32. The second kappa shape index (κ2) is 8.37. The van der Waals surface area contributed by atoms with E-state index in [0.29, 0.717) is 16.3 Å². The van der Waals surface area contributed by atoms with Crippen LogP contribution in [-0.2, 0) is 19.2 Å². The van der Waals surface area contributed by atoms with Gasteiger partial charge in [0, 0.05) is 17.9 Å². The van der Waals surface area contributed by atoms with Gasteiger partial charge in [0.2, 0.25) is 11.0 Å². The molecular formula is C16H16N4O5S2. The number of carbonyl (C=O) groups is 3. The first-order valence-electron chi connectivity index (χ1n) is 7.76. The third kappa shape index (κ3) is 4.56. The highest BCUT2D eigenvalue weighted by molar-refractivity contribution is 8.14. The zero-order valence-electron chi connectivity index (χ0n) is 14.4. The molecule has 1 saturated heterocycles. The van der Waals surface area contributed by atoms with Crippen molar-refractivity contribution in [3.8, 4) is 0 Å². The van der Waals surface area contributed by atoms with Gasteiger partial charge in [0.05, 0.1) is 17.8 Å². The second-order valence-corrected chi connectivity index (χ2v) is 7.48. The predicted molar refractivity (Wildman–Crippen MR) is 101 cm³/mol. The van der Waals surface area contributed by atoms with Crippen LogP contribution < -0.4 is 10.7 Å². The summed E-state index contributed by atoms with van der Waals surface area (Å²) in [6, 6.07) is 5.07. The van der Waals surface area contributed by atoms with Crippen LogP contribution in [0.15, 0.2) is 39.4 Å². The monoisotopic (exact) mass is 408 g/mol. The zero-order chi connectivity index (χ0) is 19.4. The number of anilines is 1. The Morgan fingerprint density at radius 1 is 1.44 bits per heavy atom. The quantitative estimate of drug-likeness (QED) is 0.555. The molecule has 0 spiro atoms. The number of amides is 2. The summed E-state index contributed by atoms with van der Waals surface area (Å²) in [4.78, 5) is 40.6. The molecule has 1 aliphatic rings. The number of hydrogen-bond donors (Lipinski definition) is 2. The summed E-state index contributed by atoms with van der Waals surface area (Å²) in [7, 11) is 1.33. The lowest BCUT2D eigenvalue weighted by molar-refractivity contribution is -0.120. The number of nitrogens with zero attached hydrogens (tertiary/aromatic N) is 2. The van der Waals surface area contributed by atoms with Crippen molar-refractivity contribution in [3.63, 3.8) is 0 Å². The van der Waals surface area contributed by atoms with Crippen LogP contribution in [0.25, 0.3) is 0 Å². The molecule has 0 aliphatic carbocycles. The highest BCUT2D eigenvalue weighted by Gasteiger charge is 2.36. The molecule has 27 heavy (non-hydrogen) atoms. The lowest BCUT2D eigenvalue weighted by Gasteiger charge is -2.21. The van der Waals surface area contributed by atoms with Crippen LogP contribution in [-0.4, -0.2) is 41.3 Å². The van der Waals surface area contributed by atoms with Crippen molar-refractivity contribution in [1.29, 1.82) is 0 Å². The third-order valence-electron chi connectivity index (χ3n) is 3.43. The number of oxime groups is 1. The second-order valence-electron chi connectivity index (χ2n) is 5.43. The number of carbonyl (C=O) groups excluding carboxylic acids is 3. The van der Waals surface area contributed by atoms with E-state index in [1.54, 1.807) is 23.6 Å². The van der Waals surface area contributed by atoms with Crippen LogP contribution in [0.3, 0.4) is 0 Å². The average molecular weight is 408 g/mol. The van der Waals surface area contributed by atoms with Crippen LogP contribution in [0.4, 0.5) is 5.00 Å². The largest absolute Gasteiger partial charge is 0.467 e. The number of thioether (sulfide) groups is 1. The van der Waals surface area contributed by atoms with Gasteiger partial charge in [0.15, 0.2) is 5.71 Å². The number of hydrogen-bond acceptors (Lipinski definition) is 9. The Morgan fingerprint density at radius 2 is 2.26 bits per heavy atom. The van der Waals surface area contributed by atoms with Gasteiger partial charge >= 0.3 is 0 Å². The summed E-state index contributed by atoms with van der Waals surface area (Å²) < 4.78 is 5.35. The van der Waals surface area contributed by atoms with E-state index in [1.165, 1.54) is 36.6 Å². The van der Waals surface area contributed by atoms with E-state index < -0.39 is 11.3 Å². The Bertz CT molecular complexity index is 877. The number of rotatable bonds is 6. The smallest absolute Gasteiger partial charge is 0.288 e. The molecule has 1 aliphatic heterocycles. The maximum Gasteiger partial charge on any atom is 0.288 e. The first-order valence-corrected chi connectivity index (χ1v) is 9.52. The highest BCUT2D eigenvalue weighted by atomic mass is 32.2. The summed E-state index contributed by atoms with van der Waals surface area (Å²) in [5, 5.41) is 9.63. The van der Waals surface area contributed by atoms with Crippen molar-refractivity contribution >= 4 is 50.7 Å². The number of thiophene rings is 1. The van der Waals surface area contributed by atoms with Gasteiger partial charge in [-0.2, -0.15) is 5.01 Å². The van der Waals surface area contributed by atoms with E-state index in [1.807, 2.05) is 0 Å². The Hall–Kier alpha value is -2.63. The minimum Gasteiger partial charge on any atom is -0.467 e. The normalized spacial score (nSPS) is 17.8. The number of nitrogens with one attached hydrogen (secondary N) is 2. The molecule has 1 fully saturated rings. The fraction of sp³-hybridized carbons (Fsp3) is 0.250. The van der Waals surface area contributed by atoms with Crippen molar-refractivity contribution in [2.24, 2.45) is 5.16 Å². The molecule has 11 heteroatoms. The lowest BCUT2D eigenvalue weighted by Crippen LogP contribution is -2.45. The van der Waals surface area contributed by atoms with Crippen LogP contribution >= 0.6 is 23.1 Å². The van der Waals surface area contributed by atoms with E-state index in [-0.39, 0.29) is 23.3 Å². The van der Waals surface area contributed by atoms with Crippen molar-refractivity contribution in [2.75, 3.05) is 19.0 Å². The van der Waals surface area contributed by atoms with E-state index in [2.05, 4.69) is 15.9 Å². The molecule has 2 N–H and O–H groups in total. The molecule has 2 amide bonds.